The van der Waals surface area contributed by atoms with Crippen LogP contribution in [0.4, 0.5) is 0 Å². The van der Waals surface area contributed by atoms with Crippen LogP contribution in [0, 0.1) is 44.4 Å². The summed E-state index contributed by atoms with van der Waals surface area (Å²) in [5, 5.41) is 5.23. The molecule has 2 aliphatic heterocycles. The molecule has 1 fully saturated rings. The van der Waals surface area contributed by atoms with Crippen molar-refractivity contribution < 1.29 is 23.9 Å². The van der Waals surface area contributed by atoms with Gasteiger partial charge in [0.05, 0.1) is 13.7 Å². The Morgan fingerprint density at radius 2 is 1.70 bits per heavy atom. The number of nitrogens with one attached hydrogen (secondary N) is 1. The summed E-state index contributed by atoms with van der Waals surface area (Å²) < 4.78 is 10.8. The Balaban J connectivity index is 0.00000486. The largest absolute Gasteiger partial charge is 2.00 e. The summed E-state index contributed by atoms with van der Waals surface area (Å²) in [7, 11) is 1.29. The molecule has 8 bridgehead atoms. The number of fused-ring (bicyclic) bond motifs is 7. The van der Waals surface area contributed by atoms with Gasteiger partial charge in [0.25, 0.3) is 0 Å². The molecule has 6 rings (SSSR count). The number of hydrogen-bond donors (Lipinski definition) is 1. The molecule has 0 aromatic carbocycles. The number of hydrogen-bond acceptors (Lipinski definition) is 6. The first-order chi connectivity index (χ1) is 23.4. The molecule has 3 aliphatic rings. The zero-order chi connectivity index (χ0) is 35.3. The quantitative estimate of drug-likeness (QED) is 0.200. The number of aromatic nitrogens is 3. The summed E-state index contributed by atoms with van der Waals surface area (Å²) >= 11 is 0. The molecule has 0 spiro atoms. The first-order valence-electron chi connectivity index (χ1n) is 17.2. The van der Waals surface area contributed by atoms with Crippen molar-refractivity contribution in [2.75, 3.05) is 13.7 Å². The average molecular weight is 686 g/mol. The monoisotopic (exact) mass is 685 g/mol. The molecule has 10 heteroatoms. The van der Waals surface area contributed by atoms with E-state index in [1.807, 2.05) is 38.2 Å². The van der Waals surface area contributed by atoms with Crippen molar-refractivity contribution in [3.05, 3.63) is 84.8 Å². The zero-order valence-electron chi connectivity index (χ0n) is 30.5. The van der Waals surface area contributed by atoms with Gasteiger partial charge >= 0.3 is 35.0 Å². The van der Waals surface area contributed by atoms with Gasteiger partial charge in [-0.3, -0.25) is 14.4 Å². The van der Waals surface area contributed by atoms with E-state index >= 15 is 0 Å². The summed E-state index contributed by atoms with van der Waals surface area (Å²) in [4.78, 5) is 55.6. The van der Waals surface area contributed by atoms with E-state index in [1.54, 1.807) is 0 Å². The second-order valence-electron chi connectivity index (χ2n) is 13.8. The number of esters is 2. The molecular weight excluding hydrogens is 641 g/mol. The molecule has 0 saturated carbocycles. The number of methoxy groups -OCH3 is 1. The maximum atomic E-state index is 14.2. The van der Waals surface area contributed by atoms with Gasteiger partial charge in [-0.25, -0.2) is 0 Å². The fourth-order valence-electron chi connectivity index (χ4n) is 7.50. The number of rotatable bonds is 9. The van der Waals surface area contributed by atoms with E-state index in [4.69, 9.17) is 24.4 Å². The molecule has 0 radical (unpaired) electrons. The molecule has 50 heavy (non-hydrogen) atoms. The summed E-state index contributed by atoms with van der Waals surface area (Å²) in [5.74, 6) is -2.34. The van der Waals surface area contributed by atoms with Crippen LogP contribution in [0.1, 0.15) is 108 Å². The molecule has 0 amide bonds. The molecular formula is C40H45MgN4O5-. The molecule has 9 nitrogen and oxygen atoms in total. The Morgan fingerprint density at radius 1 is 1.00 bits per heavy atom. The maximum Gasteiger partial charge on any atom is 2.00 e. The van der Waals surface area contributed by atoms with Crippen LogP contribution in [-0.2, 0) is 25.5 Å². The third-order valence-electron chi connectivity index (χ3n) is 10.5. The minimum atomic E-state index is -1.17. The van der Waals surface area contributed by atoms with Crippen molar-refractivity contribution in [2.24, 2.45) is 23.7 Å². The Kier molecular flexibility index (Phi) is 10.9. The molecule has 258 valence electrons. The number of Topliss-reactive ketones (excluding diaryl/α,β-unsaturated/α-hetero) is 1. The molecule has 5 heterocycles. The predicted molar refractivity (Wildman–Crippen MR) is 195 cm³/mol. The predicted octanol–water partition coefficient (Wildman–Crippen LogP) is 4.24. The smallest absolute Gasteiger partial charge is 0.657 e. The van der Waals surface area contributed by atoms with E-state index in [-0.39, 0.29) is 53.1 Å². The van der Waals surface area contributed by atoms with Crippen LogP contribution in [-0.4, -0.2) is 54.5 Å². The van der Waals surface area contributed by atoms with E-state index in [0.717, 1.165) is 62.9 Å². The number of ketones is 1. The van der Waals surface area contributed by atoms with Gasteiger partial charge in [0.15, 0.2) is 5.78 Å². The second-order valence-corrected chi connectivity index (χ2v) is 13.8. The second kappa shape index (κ2) is 14.7. The van der Waals surface area contributed by atoms with Crippen molar-refractivity contribution in [1.82, 2.24) is 20.3 Å². The topological polar surface area (TPSA) is 124 Å². The van der Waals surface area contributed by atoms with Crippen LogP contribution >= 0.6 is 0 Å². The van der Waals surface area contributed by atoms with Gasteiger partial charge in [-0.05, 0) is 57.1 Å². The standard InChI is InChI=1S/C40H46N4O5.Mg/c1-10-24-20(5)27-16-29-22(7)26(12-13-33(45)49-15-14-19(3)4)37(43-29)35-36(40(47)48-9)39(46)34-23(8)30(44-38(34)35)18-32-25(11-2)21(6)28(42-32)17-31(24)41-27;/h10,16-19,22,26,36H,1,11-15H2,2-9H3,(H2,43,44,46);/q-2;+2/p-1/b28-17-,29-16-,32-18-;/t22-,26-,36+;/m0./s1. The number of ether oxygens (including phenoxy) is 2. The SMILES string of the molecule is C=Cc1c2[n-]c(c1C)/C=C1\N/C(=C3\c4[n-]c(c(C)c4C(=O)[C@@H]3C(=O)OC)/C=c3\[n-]/c(c(C)c3CC)=C\2)[C@@H](CCC(=O)OCCC(C)C)[C@@H]1C.[Mg+2]. The molecule has 1 aliphatic carbocycles. The molecule has 3 aromatic heterocycles. The first-order valence-corrected chi connectivity index (χ1v) is 17.2. The van der Waals surface area contributed by atoms with E-state index in [1.165, 1.54) is 7.11 Å². The van der Waals surface area contributed by atoms with Gasteiger partial charge in [0.1, 0.15) is 5.92 Å². The van der Waals surface area contributed by atoms with E-state index < -0.39 is 11.9 Å². The Morgan fingerprint density at radius 3 is 2.36 bits per heavy atom. The zero-order valence-corrected chi connectivity index (χ0v) is 31.9. The fraction of sp³-hybridized carbons (Fsp3) is 0.425. The minimum absolute atomic E-state index is 0. The molecule has 0 unspecified atom stereocenters. The van der Waals surface area contributed by atoms with Crippen LogP contribution < -0.4 is 31.0 Å². The van der Waals surface area contributed by atoms with Crippen molar-refractivity contribution in [1.29, 1.82) is 0 Å². The van der Waals surface area contributed by atoms with Gasteiger partial charge < -0.3 is 29.7 Å². The Bertz CT molecular complexity index is 2070. The first kappa shape index (κ1) is 37.2. The number of carbonyl (C=O) groups excluding carboxylic acids is 3. The van der Waals surface area contributed by atoms with Crippen molar-refractivity contribution >= 4 is 70.7 Å². The normalized spacial score (nSPS) is 22.9. The molecule has 3 aromatic rings. The van der Waals surface area contributed by atoms with Crippen LogP contribution in [0.5, 0.6) is 0 Å². The molecule has 3 atom stereocenters. The Hall–Kier alpha value is -4.02. The number of carbonyl (C=O) groups is 3. The van der Waals surface area contributed by atoms with E-state index in [9.17, 15) is 14.4 Å². The maximum absolute atomic E-state index is 14.2. The third kappa shape index (κ3) is 6.36. The van der Waals surface area contributed by atoms with Gasteiger partial charge in [-0.15, -0.1) is 33.5 Å². The van der Waals surface area contributed by atoms with Gasteiger partial charge in [0.2, 0.25) is 0 Å². The van der Waals surface area contributed by atoms with Gasteiger partial charge in [0, 0.05) is 35.2 Å². The fourth-order valence-corrected chi connectivity index (χ4v) is 7.50. The summed E-state index contributed by atoms with van der Waals surface area (Å²) in [6.07, 6.45) is 10.0. The van der Waals surface area contributed by atoms with E-state index in [2.05, 4.69) is 46.5 Å². The van der Waals surface area contributed by atoms with Crippen molar-refractivity contribution in [2.45, 2.75) is 74.1 Å². The van der Waals surface area contributed by atoms with Crippen LogP contribution in [0.3, 0.4) is 0 Å². The minimum Gasteiger partial charge on any atom is -0.657 e. The van der Waals surface area contributed by atoms with Crippen molar-refractivity contribution in [3.63, 3.8) is 0 Å². The summed E-state index contributed by atoms with van der Waals surface area (Å²) in [6, 6.07) is 0. The Labute approximate surface area is 309 Å². The number of nitrogens with zero attached hydrogens (tertiary/aromatic N) is 3. The third-order valence-corrected chi connectivity index (χ3v) is 10.5. The number of allylic oxidation sites excluding steroid dienone is 2. The van der Waals surface area contributed by atoms with Gasteiger partial charge in [-0.2, -0.15) is 0 Å². The average Bonchev–Trinajstić information content (AvgIpc) is 3.80. The summed E-state index contributed by atoms with van der Waals surface area (Å²) in [6.45, 7) is 18.8. The summed E-state index contributed by atoms with van der Waals surface area (Å²) in [5.41, 5.74) is 9.94. The van der Waals surface area contributed by atoms with E-state index in [0.29, 0.717) is 52.7 Å². The van der Waals surface area contributed by atoms with Gasteiger partial charge in [-0.1, -0.05) is 80.8 Å². The molecule has 1 saturated heterocycles. The van der Waals surface area contributed by atoms with Crippen LogP contribution in [0.2, 0.25) is 0 Å². The van der Waals surface area contributed by atoms with Crippen LogP contribution in [0.25, 0.3) is 29.9 Å². The van der Waals surface area contributed by atoms with Crippen molar-refractivity contribution in [3.8, 4) is 0 Å². The van der Waals surface area contributed by atoms with Crippen LogP contribution in [0.15, 0.2) is 18.0 Å². The molecule has 1 N–H and O–H groups in total.